The highest BCUT2D eigenvalue weighted by molar-refractivity contribution is 5.51. The van der Waals surface area contributed by atoms with Gasteiger partial charge in [-0.2, -0.15) is 8.78 Å². The summed E-state index contributed by atoms with van der Waals surface area (Å²) in [5, 5.41) is 6.62. The summed E-state index contributed by atoms with van der Waals surface area (Å²) in [4.78, 5) is 3.91. The number of ether oxygens (including phenoxy) is 1. The van der Waals surface area contributed by atoms with Gasteiger partial charge in [-0.05, 0) is 25.1 Å². The van der Waals surface area contributed by atoms with E-state index in [0.29, 0.717) is 5.76 Å². The first kappa shape index (κ1) is 17.5. The van der Waals surface area contributed by atoms with Crippen LogP contribution in [0.25, 0.3) is 11.5 Å². The molecule has 0 aliphatic rings. The summed E-state index contributed by atoms with van der Waals surface area (Å²) in [5.41, 5.74) is 0.159. The summed E-state index contributed by atoms with van der Waals surface area (Å²) in [6.07, 6.45) is 5.00. The third kappa shape index (κ3) is 4.31. The first-order valence-electron chi connectivity index (χ1n) is 6.89. The van der Waals surface area contributed by atoms with Gasteiger partial charge in [-0.25, -0.2) is 4.39 Å². The van der Waals surface area contributed by atoms with Crippen molar-refractivity contribution < 1.29 is 22.3 Å². The molecule has 5 nitrogen and oxygen atoms in total. The fourth-order valence-corrected chi connectivity index (χ4v) is 1.67. The van der Waals surface area contributed by atoms with Gasteiger partial charge >= 0.3 is 6.43 Å². The number of pyridine rings is 1. The van der Waals surface area contributed by atoms with Crippen LogP contribution in [-0.4, -0.2) is 15.2 Å². The molecular weight excluding hydrogens is 323 g/mol. The average Bonchev–Trinajstić information content (AvgIpc) is 3.06. The van der Waals surface area contributed by atoms with Gasteiger partial charge in [0.25, 0.3) is 5.89 Å². The Labute approximate surface area is 136 Å². The molecule has 0 radical (unpaired) electrons. The number of nitrogens with zero attached hydrogens (tertiary/aromatic N) is 3. The molecule has 126 valence electrons. The van der Waals surface area contributed by atoms with Gasteiger partial charge < -0.3 is 9.15 Å². The number of alkyl halides is 2. The topological polar surface area (TPSA) is 61.0 Å². The lowest BCUT2D eigenvalue weighted by Gasteiger charge is -2.07. The third-order valence-corrected chi connectivity index (χ3v) is 2.85. The van der Waals surface area contributed by atoms with Crippen LogP contribution in [0.15, 0.2) is 53.3 Å². The molecule has 0 fully saturated rings. The highest BCUT2D eigenvalue weighted by Gasteiger charge is 2.18. The molecule has 2 heterocycles. The number of hydrogen-bond donors (Lipinski definition) is 0. The SMILES string of the molecule is C=C/C=C\C(=C/C)OCc1ncc(-c2nnc(C(F)F)o2)cc1F. The minimum absolute atomic E-state index is 0.0544. The summed E-state index contributed by atoms with van der Waals surface area (Å²) in [6.45, 7) is 5.21. The monoisotopic (exact) mass is 337 g/mol. The normalized spacial score (nSPS) is 12.1. The van der Waals surface area contributed by atoms with Gasteiger partial charge in [0.05, 0.1) is 5.56 Å². The van der Waals surface area contributed by atoms with Crippen LogP contribution in [0.2, 0.25) is 0 Å². The summed E-state index contributed by atoms with van der Waals surface area (Å²) in [5.74, 6) is -1.21. The minimum Gasteiger partial charge on any atom is -0.488 e. The minimum atomic E-state index is -2.89. The van der Waals surface area contributed by atoms with E-state index in [2.05, 4.69) is 21.8 Å². The Morgan fingerprint density at radius 2 is 2.21 bits per heavy atom. The molecule has 0 spiro atoms. The van der Waals surface area contributed by atoms with Crippen molar-refractivity contribution in [2.75, 3.05) is 0 Å². The molecule has 2 aromatic heterocycles. The lowest BCUT2D eigenvalue weighted by Crippen LogP contribution is -1.99. The molecular formula is C16H14F3N3O2. The molecule has 0 N–H and O–H groups in total. The summed E-state index contributed by atoms with van der Waals surface area (Å²) >= 11 is 0. The van der Waals surface area contributed by atoms with Crippen molar-refractivity contribution in [2.24, 2.45) is 0 Å². The van der Waals surface area contributed by atoms with E-state index in [-0.39, 0.29) is 23.8 Å². The van der Waals surface area contributed by atoms with Crippen LogP contribution in [-0.2, 0) is 11.3 Å². The average molecular weight is 337 g/mol. The van der Waals surface area contributed by atoms with Gasteiger partial charge in [0, 0.05) is 6.20 Å². The van der Waals surface area contributed by atoms with Crippen LogP contribution in [0.4, 0.5) is 13.2 Å². The van der Waals surface area contributed by atoms with E-state index in [4.69, 9.17) is 9.15 Å². The fraction of sp³-hybridized carbons (Fsp3) is 0.188. The highest BCUT2D eigenvalue weighted by Crippen LogP contribution is 2.24. The van der Waals surface area contributed by atoms with Crippen molar-refractivity contribution in [1.82, 2.24) is 15.2 Å². The zero-order chi connectivity index (χ0) is 17.5. The maximum atomic E-state index is 14.1. The van der Waals surface area contributed by atoms with Crippen molar-refractivity contribution in [2.45, 2.75) is 20.0 Å². The van der Waals surface area contributed by atoms with Gasteiger partial charge in [-0.1, -0.05) is 18.7 Å². The molecule has 0 amide bonds. The van der Waals surface area contributed by atoms with E-state index < -0.39 is 18.1 Å². The predicted molar refractivity (Wildman–Crippen MR) is 80.3 cm³/mol. The maximum Gasteiger partial charge on any atom is 0.314 e. The van der Waals surface area contributed by atoms with Crippen LogP contribution in [0.5, 0.6) is 0 Å². The number of hydrogen-bond acceptors (Lipinski definition) is 5. The van der Waals surface area contributed by atoms with E-state index in [0.717, 1.165) is 6.07 Å². The molecule has 0 saturated carbocycles. The Bertz CT molecular complexity index is 770. The molecule has 0 bridgehead atoms. The summed E-state index contributed by atoms with van der Waals surface area (Å²) < 4.78 is 49.1. The fourth-order valence-electron chi connectivity index (χ4n) is 1.67. The number of aromatic nitrogens is 3. The van der Waals surface area contributed by atoms with Crippen molar-refractivity contribution in [3.05, 3.63) is 66.3 Å². The van der Waals surface area contributed by atoms with E-state index >= 15 is 0 Å². The van der Waals surface area contributed by atoms with Crippen molar-refractivity contribution in [1.29, 1.82) is 0 Å². The Morgan fingerprint density at radius 1 is 1.42 bits per heavy atom. The molecule has 24 heavy (non-hydrogen) atoms. The van der Waals surface area contributed by atoms with E-state index in [1.54, 1.807) is 31.2 Å². The Balaban J connectivity index is 2.11. The maximum absolute atomic E-state index is 14.1. The second-order valence-corrected chi connectivity index (χ2v) is 4.47. The molecule has 0 aromatic carbocycles. The Kier molecular flexibility index (Phi) is 5.89. The second-order valence-electron chi connectivity index (χ2n) is 4.47. The summed E-state index contributed by atoms with van der Waals surface area (Å²) in [6, 6.07) is 1.07. The van der Waals surface area contributed by atoms with Gasteiger partial charge in [0.2, 0.25) is 5.89 Å². The first-order chi connectivity index (χ1) is 11.5. The smallest absolute Gasteiger partial charge is 0.314 e. The molecule has 2 rings (SSSR count). The number of allylic oxidation sites excluding steroid dienone is 4. The number of halogens is 3. The van der Waals surface area contributed by atoms with E-state index in [9.17, 15) is 13.2 Å². The zero-order valence-corrected chi connectivity index (χ0v) is 12.7. The summed E-state index contributed by atoms with van der Waals surface area (Å²) in [7, 11) is 0. The van der Waals surface area contributed by atoms with Crippen molar-refractivity contribution >= 4 is 0 Å². The quantitative estimate of drug-likeness (QED) is 0.554. The zero-order valence-electron chi connectivity index (χ0n) is 12.7. The largest absolute Gasteiger partial charge is 0.488 e. The molecule has 0 atom stereocenters. The third-order valence-electron chi connectivity index (χ3n) is 2.85. The highest BCUT2D eigenvalue weighted by atomic mass is 19.3. The van der Waals surface area contributed by atoms with Crippen LogP contribution < -0.4 is 0 Å². The molecule has 2 aromatic rings. The van der Waals surface area contributed by atoms with E-state index in [1.807, 2.05) is 0 Å². The van der Waals surface area contributed by atoms with Crippen molar-refractivity contribution in [3.8, 4) is 11.5 Å². The van der Waals surface area contributed by atoms with Crippen molar-refractivity contribution in [3.63, 3.8) is 0 Å². The van der Waals surface area contributed by atoms with Gasteiger partial charge in [0.1, 0.15) is 23.9 Å². The Hall–Kier alpha value is -2.90. The predicted octanol–water partition coefficient (Wildman–Crippen LogP) is 4.37. The van der Waals surface area contributed by atoms with Gasteiger partial charge in [0.15, 0.2) is 0 Å². The van der Waals surface area contributed by atoms with Crippen LogP contribution in [0.3, 0.4) is 0 Å². The lowest BCUT2D eigenvalue weighted by molar-refractivity contribution is 0.116. The first-order valence-corrected chi connectivity index (χ1v) is 6.89. The Morgan fingerprint density at radius 3 is 2.79 bits per heavy atom. The molecule has 0 saturated heterocycles. The van der Waals surface area contributed by atoms with Crippen LogP contribution in [0.1, 0.15) is 24.9 Å². The molecule has 0 aliphatic heterocycles. The van der Waals surface area contributed by atoms with E-state index in [1.165, 1.54) is 6.20 Å². The molecule has 8 heteroatoms. The van der Waals surface area contributed by atoms with Crippen LogP contribution in [0, 0.1) is 5.82 Å². The number of rotatable bonds is 7. The second kappa shape index (κ2) is 8.09. The van der Waals surface area contributed by atoms with Gasteiger partial charge in [-0.15, -0.1) is 10.2 Å². The van der Waals surface area contributed by atoms with Crippen LogP contribution >= 0.6 is 0 Å². The standard InChI is InChI=1S/C16H14F3N3O2/c1-3-5-6-11(4-2)23-9-13-12(17)7-10(8-20-13)15-21-22-16(24-15)14(18)19/h3-8,14H,1,9H2,2H3/b6-5-,11-4+. The molecule has 0 aliphatic carbocycles. The lowest BCUT2D eigenvalue weighted by atomic mass is 10.2. The van der Waals surface area contributed by atoms with Gasteiger partial charge in [-0.3, -0.25) is 4.98 Å². The molecule has 0 unspecified atom stereocenters.